The highest BCUT2D eigenvalue weighted by Gasteiger charge is 2.37. The lowest BCUT2D eigenvalue weighted by atomic mass is 9.80. The quantitative estimate of drug-likeness (QED) is 0.635. The predicted molar refractivity (Wildman–Crippen MR) is 82.4 cm³/mol. The zero-order valence-corrected chi connectivity index (χ0v) is 12.7. The van der Waals surface area contributed by atoms with E-state index in [9.17, 15) is 19.8 Å². The number of carboxylic acid groups (broad SMARTS) is 2. The summed E-state index contributed by atoms with van der Waals surface area (Å²) in [5, 5.41) is 22.1. The van der Waals surface area contributed by atoms with E-state index in [2.05, 4.69) is 5.32 Å². The van der Waals surface area contributed by atoms with Crippen LogP contribution >= 0.6 is 11.6 Å². The maximum absolute atomic E-state index is 11.6. The standard InChI is InChI=1S/C15H15ClN2O4/c1-6-11(14(19)20)13(12(15(21)22)7(2)18-6)9-5-8(17)3-4-10(9)16/h3-5,13,18H,17H2,1-2H3,(H,19,20)(H,21,22). The summed E-state index contributed by atoms with van der Waals surface area (Å²) < 4.78 is 0. The Balaban J connectivity index is 2.78. The number of nitrogens with one attached hydrogen (secondary N) is 1. The minimum absolute atomic E-state index is 0.0597. The van der Waals surface area contributed by atoms with Crippen molar-refractivity contribution in [2.45, 2.75) is 19.8 Å². The highest BCUT2D eigenvalue weighted by molar-refractivity contribution is 6.31. The van der Waals surface area contributed by atoms with Gasteiger partial charge in [-0.05, 0) is 37.6 Å². The molecule has 1 aliphatic rings. The summed E-state index contributed by atoms with van der Waals surface area (Å²) in [6, 6.07) is 4.60. The van der Waals surface area contributed by atoms with Gasteiger partial charge in [0.1, 0.15) is 0 Å². The Morgan fingerprint density at radius 1 is 1.14 bits per heavy atom. The molecule has 1 aromatic carbocycles. The summed E-state index contributed by atoms with van der Waals surface area (Å²) >= 11 is 6.16. The number of benzene rings is 1. The number of rotatable bonds is 3. The number of nitrogen functional groups attached to an aromatic ring is 1. The van der Waals surface area contributed by atoms with Crippen molar-refractivity contribution >= 4 is 29.2 Å². The van der Waals surface area contributed by atoms with Crippen molar-refractivity contribution in [3.63, 3.8) is 0 Å². The third-order valence-corrected chi connectivity index (χ3v) is 3.90. The van der Waals surface area contributed by atoms with E-state index in [0.29, 0.717) is 22.6 Å². The van der Waals surface area contributed by atoms with E-state index in [0.717, 1.165) is 0 Å². The van der Waals surface area contributed by atoms with E-state index in [1.807, 2.05) is 0 Å². The number of hydrogen-bond acceptors (Lipinski definition) is 4. The van der Waals surface area contributed by atoms with E-state index in [4.69, 9.17) is 17.3 Å². The largest absolute Gasteiger partial charge is 0.478 e. The van der Waals surface area contributed by atoms with Gasteiger partial charge in [-0.3, -0.25) is 0 Å². The summed E-state index contributed by atoms with van der Waals surface area (Å²) in [6.07, 6.45) is 0. The molecule has 1 heterocycles. The van der Waals surface area contributed by atoms with Crippen molar-refractivity contribution in [1.82, 2.24) is 5.32 Å². The molecule has 2 rings (SSSR count). The first-order valence-electron chi connectivity index (χ1n) is 6.44. The molecule has 7 heteroatoms. The topological polar surface area (TPSA) is 113 Å². The van der Waals surface area contributed by atoms with E-state index in [1.54, 1.807) is 19.9 Å². The molecule has 22 heavy (non-hydrogen) atoms. The van der Waals surface area contributed by atoms with Crippen LogP contribution in [-0.4, -0.2) is 22.2 Å². The molecule has 6 nitrogen and oxygen atoms in total. The fourth-order valence-corrected chi connectivity index (χ4v) is 2.88. The number of allylic oxidation sites excluding steroid dienone is 2. The Labute approximate surface area is 131 Å². The lowest BCUT2D eigenvalue weighted by Crippen LogP contribution is -2.31. The second-order valence-corrected chi connectivity index (χ2v) is 5.43. The maximum atomic E-state index is 11.6. The van der Waals surface area contributed by atoms with Crippen LogP contribution in [0.2, 0.25) is 5.02 Å². The average Bonchev–Trinajstić information content (AvgIpc) is 2.39. The fraction of sp³-hybridized carbons (Fsp3) is 0.200. The Hall–Kier alpha value is -2.47. The lowest BCUT2D eigenvalue weighted by Gasteiger charge is -2.29. The van der Waals surface area contributed by atoms with Gasteiger partial charge in [0.05, 0.1) is 17.1 Å². The molecule has 116 valence electrons. The molecule has 0 aromatic heterocycles. The van der Waals surface area contributed by atoms with Gasteiger partial charge >= 0.3 is 11.9 Å². The SMILES string of the molecule is CC1=C(C(=O)O)C(c2cc(N)ccc2Cl)C(C(=O)O)=C(C)N1. The summed E-state index contributed by atoms with van der Waals surface area (Å²) in [7, 11) is 0. The van der Waals surface area contributed by atoms with Crippen LogP contribution in [0.4, 0.5) is 5.69 Å². The van der Waals surface area contributed by atoms with Crippen molar-refractivity contribution in [1.29, 1.82) is 0 Å². The fourth-order valence-electron chi connectivity index (χ4n) is 2.66. The molecule has 0 radical (unpaired) electrons. The van der Waals surface area contributed by atoms with Crippen LogP contribution < -0.4 is 11.1 Å². The number of carboxylic acids is 2. The monoisotopic (exact) mass is 322 g/mol. The lowest BCUT2D eigenvalue weighted by molar-refractivity contribution is -0.133. The van der Waals surface area contributed by atoms with Gasteiger partial charge in [-0.1, -0.05) is 11.6 Å². The minimum Gasteiger partial charge on any atom is -0.478 e. The zero-order valence-electron chi connectivity index (χ0n) is 12.0. The van der Waals surface area contributed by atoms with Crippen LogP contribution in [0.3, 0.4) is 0 Å². The molecule has 0 spiro atoms. The number of dihydropyridines is 1. The number of hydrogen-bond donors (Lipinski definition) is 4. The predicted octanol–water partition coefficient (Wildman–Crippen LogP) is 2.33. The van der Waals surface area contributed by atoms with Crippen molar-refractivity contribution in [2.24, 2.45) is 0 Å². The van der Waals surface area contributed by atoms with Crippen molar-refractivity contribution in [3.8, 4) is 0 Å². The van der Waals surface area contributed by atoms with Crippen LogP contribution in [0.5, 0.6) is 0 Å². The second-order valence-electron chi connectivity index (χ2n) is 5.03. The van der Waals surface area contributed by atoms with E-state index < -0.39 is 17.9 Å². The number of anilines is 1. The first kappa shape index (κ1) is 15.9. The van der Waals surface area contributed by atoms with Gasteiger partial charge in [-0.15, -0.1) is 0 Å². The minimum atomic E-state index is -1.21. The normalized spacial score (nSPS) is 15.8. The van der Waals surface area contributed by atoms with Crippen LogP contribution in [0.25, 0.3) is 0 Å². The van der Waals surface area contributed by atoms with Gasteiger partial charge in [0.25, 0.3) is 0 Å². The van der Waals surface area contributed by atoms with Gasteiger partial charge in [-0.2, -0.15) is 0 Å². The highest BCUT2D eigenvalue weighted by atomic mass is 35.5. The van der Waals surface area contributed by atoms with E-state index in [-0.39, 0.29) is 16.2 Å². The van der Waals surface area contributed by atoms with Gasteiger partial charge in [-0.25, -0.2) is 9.59 Å². The van der Waals surface area contributed by atoms with Crippen molar-refractivity contribution < 1.29 is 19.8 Å². The van der Waals surface area contributed by atoms with E-state index >= 15 is 0 Å². The van der Waals surface area contributed by atoms with Crippen LogP contribution in [0, 0.1) is 0 Å². The average molecular weight is 323 g/mol. The van der Waals surface area contributed by atoms with Gasteiger partial charge < -0.3 is 21.3 Å². The number of nitrogens with two attached hydrogens (primary N) is 1. The Morgan fingerprint density at radius 3 is 2.09 bits per heavy atom. The summed E-state index contributed by atoms with van der Waals surface area (Å²) in [5.41, 5.74) is 7.11. The zero-order chi connectivity index (χ0) is 16.6. The smallest absolute Gasteiger partial charge is 0.334 e. The van der Waals surface area contributed by atoms with Crippen LogP contribution in [0.1, 0.15) is 25.3 Å². The molecule has 0 atom stereocenters. The molecule has 0 aliphatic carbocycles. The number of halogens is 1. The molecular formula is C15H15ClN2O4. The summed E-state index contributed by atoms with van der Waals surface area (Å²) in [4.78, 5) is 23.3. The maximum Gasteiger partial charge on any atom is 0.334 e. The molecule has 0 fully saturated rings. The molecule has 1 aliphatic heterocycles. The Kier molecular flexibility index (Phi) is 4.14. The number of aliphatic carboxylic acids is 2. The molecular weight excluding hydrogens is 308 g/mol. The van der Waals surface area contributed by atoms with Gasteiger partial charge in [0.15, 0.2) is 0 Å². The Bertz CT molecular complexity index is 701. The molecule has 5 N–H and O–H groups in total. The molecule has 0 unspecified atom stereocenters. The van der Waals surface area contributed by atoms with Crippen molar-refractivity contribution in [2.75, 3.05) is 5.73 Å². The third kappa shape index (κ3) is 2.65. The third-order valence-electron chi connectivity index (χ3n) is 3.55. The highest BCUT2D eigenvalue weighted by Crippen LogP contribution is 2.41. The van der Waals surface area contributed by atoms with Crippen molar-refractivity contribution in [3.05, 3.63) is 51.3 Å². The van der Waals surface area contributed by atoms with Gasteiger partial charge in [0.2, 0.25) is 0 Å². The Morgan fingerprint density at radius 2 is 1.64 bits per heavy atom. The second kappa shape index (κ2) is 5.73. The first-order chi connectivity index (χ1) is 10.2. The van der Waals surface area contributed by atoms with Gasteiger partial charge in [0, 0.05) is 22.1 Å². The molecule has 0 amide bonds. The molecule has 0 bridgehead atoms. The summed E-state index contributed by atoms with van der Waals surface area (Å²) in [6.45, 7) is 3.16. The molecule has 0 saturated heterocycles. The van der Waals surface area contributed by atoms with Crippen LogP contribution in [0.15, 0.2) is 40.7 Å². The van der Waals surface area contributed by atoms with E-state index in [1.165, 1.54) is 12.1 Å². The molecule has 0 saturated carbocycles. The first-order valence-corrected chi connectivity index (χ1v) is 6.82. The molecule has 1 aromatic rings. The summed E-state index contributed by atoms with van der Waals surface area (Å²) in [5.74, 6) is -3.41. The van der Waals surface area contributed by atoms with Crippen LogP contribution in [-0.2, 0) is 9.59 Å². The number of carbonyl (C=O) groups is 2.